The fourth-order valence-corrected chi connectivity index (χ4v) is 4.56. The van der Waals surface area contributed by atoms with E-state index in [9.17, 15) is 24.3 Å². The first-order chi connectivity index (χ1) is 19.8. The Morgan fingerprint density at radius 3 is 2.26 bits per heavy atom. The Hall–Kier alpha value is -4.08. The highest BCUT2D eigenvalue weighted by atomic mass is 16.6. The number of aromatic hydroxyl groups is 1. The normalized spacial score (nSPS) is 14.3. The Bertz CT molecular complexity index is 1270. The van der Waals surface area contributed by atoms with Crippen molar-refractivity contribution in [3.05, 3.63) is 64.7 Å². The number of nitrogens with one attached hydrogen (secondary N) is 2. The number of hydrogen-bond acceptors (Lipinski definition) is 7. The van der Waals surface area contributed by atoms with Gasteiger partial charge in [0.05, 0.1) is 13.0 Å². The summed E-state index contributed by atoms with van der Waals surface area (Å²) < 4.78 is 10.4. The monoisotopic (exact) mass is 581 g/mol. The number of phenols is 1. The van der Waals surface area contributed by atoms with Gasteiger partial charge in [-0.1, -0.05) is 30.3 Å². The molecule has 2 aromatic carbocycles. The van der Waals surface area contributed by atoms with Gasteiger partial charge >= 0.3 is 12.1 Å². The number of nitrogens with zero attached hydrogens (tertiary/aromatic N) is 1. The molecule has 0 aliphatic heterocycles. The van der Waals surface area contributed by atoms with Crippen molar-refractivity contribution in [2.45, 2.75) is 91.0 Å². The molecular formula is C32H43N3O7. The standard InChI is InChI=1S/C32H43N3O7/c1-7-41-27(37)16-17-33-29(38)28(23-11-8-20(2)21(3)18-23)35(24-12-13-24)30(39)26(34-31(40)42-32(4,5)6)19-22-9-14-25(36)15-10-22/h8-11,14-15,18,24,26,28,36H,7,12-13,16-17,19H2,1-6H3,(H,33,38)(H,34,40). The Morgan fingerprint density at radius 1 is 1.02 bits per heavy atom. The average Bonchev–Trinajstić information content (AvgIpc) is 3.73. The zero-order valence-electron chi connectivity index (χ0n) is 25.4. The summed E-state index contributed by atoms with van der Waals surface area (Å²) in [5, 5.41) is 15.3. The molecule has 42 heavy (non-hydrogen) atoms. The van der Waals surface area contributed by atoms with Crippen LogP contribution in [0.2, 0.25) is 0 Å². The minimum atomic E-state index is -1.05. The summed E-state index contributed by atoms with van der Waals surface area (Å²) in [7, 11) is 0. The maximum Gasteiger partial charge on any atom is 0.408 e. The van der Waals surface area contributed by atoms with Crippen LogP contribution in [0.5, 0.6) is 5.75 Å². The van der Waals surface area contributed by atoms with Gasteiger partial charge in [-0.05, 0) is 88.8 Å². The smallest absolute Gasteiger partial charge is 0.408 e. The zero-order chi connectivity index (χ0) is 31.0. The number of carbonyl (C=O) groups is 4. The highest BCUT2D eigenvalue weighted by molar-refractivity contribution is 5.93. The molecule has 2 aromatic rings. The number of amides is 3. The lowest BCUT2D eigenvalue weighted by Gasteiger charge is -2.35. The minimum Gasteiger partial charge on any atom is -0.508 e. The number of alkyl carbamates (subject to hydrolysis) is 1. The number of carbonyl (C=O) groups excluding carboxylic acids is 4. The predicted octanol–water partition coefficient (Wildman–Crippen LogP) is 4.25. The van der Waals surface area contributed by atoms with Gasteiger partial charge in [0, 0.05) is 19.0 Å². The second-order valence-corrected chi connectivity index (χ2v) is 11.6. The van der Waals surface area contributed by atoms with E-state index < -0.39 is 41.6 Å². The van der Waals surface area contributed by atoms with E-state index in [1.54, 1.807) is 44.7 Å². The Labute approximate surface area is 247 Å². The molecule has 2 atom stereocenters. The van der Waals surface area contributed by atoms with Gasteiger partial charge in [-0.3, -0.25) is 14.4 Å². The van der Waals surface area contributed by atoms with Gasteiger partial charge in [0.25, 0.3) is 0 Å². The van der Waals surface area contributed by atoms with Crippen LogP contribution in [-0.2, 0) is 30.3 Å². The van der Waals surface area contributed by atoms with E-state index >= 15 is 0 Å². The summed E-state index contributed by atoms with van der Waals surface area (Å²) in [6.45, 7) is 11.1. The van der Waals surface area contributed by atoms with Gasteiger partial charge in [0.2, 0.25) is 11.8 Å². The molecule has 10 heteroatoms. The van der Waals surface area contributed by atoms with Crippen LogP contribution in [-0.4, -0.2) is 64.7 Å². The van der Waals surface area contributed by atoms with E-state index in [1.165, 1.54) is 12.1 Å². The number of hydrogen-bond donors (Lipinski definition) is 3. The molecular weight excluding hydrogens is 538 g/mol. The molecule has 0 radical (unpaired) electrons. The van der Waals surface area contributed by atoms with E-state index in [-0.39, 0.29) is 37.8 Å². The van der Waals surface area contributed by atoms with Gasteiger partial charge < -0.3 is 30.1 Å². The SMILES string of the molecule is CCOC(=O)CCNC(=O)C(c1ccc(C)c(C)c1)N(C(=O)C(Cc1ccc(O)cc1)NC(=O)OC(C)(C)C)C1CC1. The van der Waals surface area contributed by atoms with E-state index in [0.717, 1.165) is 11.1 Å². The van der Waals surface area contributed by atoms with Crippen LogP contribution in [0.4, 0.5) is 4.79 Å². The lowest BCUT2D eigenvalue weighted by Crippen LogP contribution is -2.54. The van der Waals surface area contributed by atoms with Crippen LogP contribution in [0.3, 0.4) is 0 Å². The van der Waals surface area contributed by atoms with Gasteiger partial charge in [-0.2, -0.15) is 0 Å². The quantitative estimate of drug-likeness (QED) is 0.319. The lowest BCUT2D eigenvalue weighted by atomic mass is 9.97. The number of benzene rings is 2. The molecule has 0 bridgehead atoms. The molecule has 1 saturated carbocycles. The Morgan fingerprint density at radius 2 is 1.69 bits per heavy atom. The summed E-state index contributed by atoms with van der Waals surface area (Å²) in [5.74, 6) is -1.20. The first kappa shape index (κ1) is 32.4. The Kier molecular flexibility index (Phi) is 11.0. The van der Waals surface area contributed by atoms with Crippen molar-refractivity contribution in [2.75, 3.05) is 13.2 Å². The third kappa shape index (κ3) is 9.49. The molecule has 0 aromatic heterocycles. The maximum atomic E-state index is 14.4. The van der Waals surface area contributed by atoms with Crippen molar-refractivity contribution in [1.82, 2.24) is 15.5 Å². The molecule has 1 aliphatic rings. The van der Waals surface area contributed by atoms with Crippen LogP contribution in [0.1, 0.15) is 75.3 Å². The van der Waals surface area contributed by atoms with Crippen LogP contribution >= 0.6 is 0 Å². The molecule has 0 saturated heterocycles. The molecule has 3 rings (SSSR count). The summed E-state index contributed by atoms with van der Waals surface area (Å²) in [5.41, 5.74) is 2.56. The van der Waals surface area contributed by atoms with Crippen molar-refractivity contribution in [2.24, 2.45) is 0 Å². The average molecular weight is 582 g/mol. The van der Waals surface area contributed by atoms with Gasteiger partial charge in [0.1, 0.15) is 23.4 Å². The molecule has 1 aliphatic carbocycles. The summed E-state index contributed by atoms with van der Waals surface area (Å²) in [6.07, 6.45) is 0.784. The molecule has 3 amide bonds. The molecule has 0 heterocycles. The third-order valence-electron chi connectivity index (χ3n) is 6.87. The number of phenolic OH excluding ortho intramolecular Hbond substituents is 1. The molecule has 3 N–H and O–H groups in total. The zero-order valence-corrected chi connectivity index (χ0v) is 25.4. The van der Waals surface area contributed by atoms with Crippen LogP contribution in [0.25, 0.3) is 0 Å². The van der Waals surface area contributed by atoms with Crippen molar-refractivity contribution < 1.29 is 33.8 Å². The minimum absolute atomic E-state index is 0.000275. The number of rotatable bonds is 12. The molecule has 1 fully saturated rings. The van der Waals surface area contributed by atoms with E-state index in [1.807, 2.05) is 32.0 Å². The topological polar surface area (TPSA) is 134 Å². The van der Waals surface area contributed by atoms with Crippen LogP contribution in [0.15, 0.2) is 42.5 Å². The van der Waals surface area contributed by atoms with Crippen molar-refractivity contribution >= 4 is 23.9 Å². The molecule has 228 valence electrons. The summed E-state index contributed by atoms with van der Waals surface area (Å²) in [4.78, 5) is 54.5. The third-order valence-corrected chi connectivity index (χ3v) is 6.87. The maximum absolute atomic E-state index is 14.4. The second-order valence-electron chi connectivity index (χ2n) is 11.6. The second kappa shape index (κ2) is 14.2. The number of aryl methyl sites for hydroxylation is 2. The Balaban J connectivity index is 1.98. The fourth-order valence-electron chi connectivity index (χ4n) is 4.56. The van der Waals surface area contributed by atoms with E-state index in [4.69, 9.17) is 9.47 Å². The number of ether oxygens (including phenoxy) is 2. The predicted molar refractivity (Wildman–Crippen MR) is 158 cm³/mol. The molecule has 0 spiro atoms. The first-order valence-electron chi connectivity index (χ1n) is 14.4. The van der Waals surface area contributed by atoms with Crippen molar-refractivity contribution in [3.63, 3.8) is 0 Å². The number of esters is 1. The first-order valence-corrected chi connectivity index (χ1v) is 14.4. The highest BCUT2D eigenvalue weighted by Crippen LogP contribution is 2.36. The summed E-state index contributed by atoms with van der Waals surface area (Å²) in [6, 6.07) is 9.76. The molecule has 10 nitrogen and oxygen atoms in total. The highest BCUT2D eigenvalue weighted by Gasteiger charge is 2.44. The van der Waals surface area contributed by atoms with Gasteiger partial charge in [0.15, 0.2) is 0 Å². The van der Waals surface area contributed by atoms with Crippen LogP contribution < -0.4 is 10.6 Å². The van der Waals surface area contributed by atoms with Crippen molar-refractivity contribution in [1.29, 1.82) is 0 Å². The van der Waals surface area contributed by atoms with Crippen LogP contribution in [0, 0.1) is 13.8 Å². The molecule has 2 unspecified atom stereocenters. The van der Waals surface area contributed by atoms with E-state index in [2.05, 4.69) is 10.6 Å². The largest absolute Gasteiger partial charge is 0.508 e. The van der Waals surface area contributed by atoms with Gasteiger partial charge in [-0.15, -0.1) is 0 Å². The van der Waals surface area contributed by atoms with E-state index in [0.29, 0.717) is 24.0 Å². The fraction of sp³-hybridized carbons (Fsp3) is 0.500. The van der Waals surface area contributed by atoms with Crippen molar-refractivity contribution in [3.8, 4) is 5.75 Å². The lowest BCUT2D eigenvalue weighted by molar-refractivity contribution is -0.144. The van der Waals surface area contributed by atoms with Gasteiger partial charge in [-0.25, -0.2) is 4.79 Å². The summed E-state index contributed by atoms with van der Waals surface area (Å²) >= 11 is 0.